The number of rotatable bonds is 1. The Hall–Kier alpha value is -1.90. The van der Waals surface area contributed by atoms with Crippen molar-refractivity contribution in [1.82, 2.24) is 0 Å². The van der Waals surface area contributed by atoms with E-state index >= 15 is 0 Å². The Labute approximate surface area is 92.5 Å². The minimum absolute atomic E-state index is 0.357. The van der Waals surface area contributed by atoms with Crippen molar-refractivity contribution in [2.45, 2.75) is 6.92 Å². The molecule has 1 nitrogen and oxygen atoms in total. The molecule has 0 bridgehead atoms. The number of benzene rings is 2. The fraction of sp³-hybridized carbons (Fsp3) is 0.0769. The molecule has 0 amide bonds. The van der Waals surface area contributed by atoms with Crippen molar-refractivity contribution in [3.05, 3.63) is 53.6 Å². The van der Waals surface area contributed by atoms with E-state index in [9.17, 15) is 8.78 Å². The lowest BCUT2D eigenvalue weighted by Crippen LogP contribution is -1.92. The molecule has 0 aliphatic carbocycles. The van der Waals surface area contributed by atoms with E-state index in [0.717, 1.165) is 5.56 Å². The third-order valence-corrected chi connectivity index (χ3v) is 2.48. The summed E-state index contributed by atoms with van der Waals surface area (Å²) in [6.45, 7) is 1.81. The lowest BCUT2D eigenvalue weighted by atomic mass is 10.00. The minimum Gasteiger partial charge on any atom is -0.399 e. The van der Waals surface area contributed by atoms with Crippen LogP contribution in [0.25, 0.3) is 11.1 Å². The summed E-state index contributed by atoms with van der Waals surface area (Å²) in [7, 11) is 0. The predicted octanol–water partition coefficient (Wildman–Crippen LogP) is 3.52. The molecule has 3 heteroatoms. The maximum absolute atomic E-state index is 13.6. The van der Waals surface area contributed by atoms with Crippen LogP contribution < -0.4 is 5.73 Å². The van der Waals surface area contributed by atoms with E-state index in [0.29, 0.717) is 16.8 Å². The molecule has 0 saturated heterocycles. The molecule has 0 spiro atoms. The van der Waals surface area contributed by atoms with E-state index in [-0.39, 0.29) is 5.82 Å². The smallest absolute Gasteiger partial charge is 0.133 e. The van der Waals surface area contributed by atoms with Gasteiger partial charge in [0.25, 0.3) is 0 Å². The van der Waals surface area contributed by atoms with Crippen LogP contribution in [0.3, 0.4) is 0 Å². The summed E-state index contributed by atoms with van der Waals surface area (Å²) in [6, 6.07) is 8.70. The summed E-state index contributed by atoms with van der Waals surface area (Å²) >= 11 is 0. The Kier molecular flexibility index (Phi) is 2.60. The highest BCUT2D eigenvalue weighted by molar-refractivity contribution is 5.69. The van der Waals surface area contributed by atoms with Crippen molar-refractivity contribution >= 4 is 5.69 Å². The molecule has 16 heavy (non-hydrogen) atoms. The molecule has 0 heterocycles. The second-order valence-electron chi connectivity index (χ2n) is 3.70. The molecule has 0 saturated carbocycles. The SMILES string of the molecule is Cc1ccc(F)cc1-c1ccc(N)cc1F. The van der Waals surface area contributed by atoms with Gasteiger partial charge in [-0.25, -0.2) is 8.78 Å². The number of halogens is 2. The van der Waals surface area contributed by atoms with Gasteiger partial charge in [-0.15, -0.1) is 0 Å². The number of nitrogen functional groups attached to an aromatic ring is 1. The van der Waals surface area contributed by atoms with Crippen molar-refractivity contribution in [2.24, 2.45) is 0 Å². The highest BCUT2D eigenvalue weighted by atomic mass is 19.1. The Morgan fingerprint density at radius 2 is 1.69 bits per heavy atom. The van der Waals surface area contributed by atoms with Crippen LogP contribution in [0.5, 0.6) is 0 Å². The van der Waals surface area contributed by atoms with Gasteiger partial charge in [0, 0.05) is 11.3 Å². The zero-order chi connectivity index (χ0) is 11.7. The fourth-order valence-corrected chi connectivity index (χ4v) is 1.63. The van der Waals surface area contributed by atoms with Gasteiger partial charge >= 0.3 is 0 Å². The van der Waals surface area contributed by atoms with Crippen molar-refractivity contribution in [3.63, 3.8) is 0 Å². The van der Waals surface area contributed by atoms with E-state index in [1.165, 1.54) is 18.2 Å². The predicted molar refractivity (Wildman–Crippen MR) is 60.9 cm³/mol. The first-order chi connectivity index (χ1) is 7.58. The molecule has 82 valence electrons. The first kappa shape index (κ1) is 10.6. The molecule has 2 aromatic rings. The van der Waals surface area contributed by atoms with E-state index in [1.807, 2.05) is 6.92 Å². The van der Waals surface area contributed by atoms with Crippen LogP contribution in [-0.4, -0.2) is 0 Å². The molecule has 0 aliphatic heterocycles. The van der Waals surface area contributed by atoms with E-state index in [2.05, 4.69) is 0 Å². The van der Waals surface area contributed by atoms with E-state index in [4.69, 9.17) is 5.73 Å². The normalized spacial score (nSPS) is 10.4. The van der Waals surface area contributed by atoms with Gasteiger partial charge in [0.1, 0.15) is 11.6 Å². The van der Waals surface area contributed by atoms with Crippen molar-refractivity contribution in [1.29, 1.82) is 0 Å². The van der Waals surface area contributed by atoms with Crippen LogP contribution in [-0.2, 0) is 0 Å². The molecule has 0 aliphatic rings. The maximum Gasteiger partial charge on any atom is 0.133 e. The molecule has 2 aromatic carbocycles. The van der Waals surface area contributed by atoms with Crippen LogP contribution in [0.15, 0.2) is 36.4 Å². The maximum atomic E-state index is 13.6. The largest absolute Gasteiger partial charge is 0.399 e. The molecule has 0 aromatic heterocycles. The molecule has 0 fully saturated rings. The highest BCUT2D eigenvalue weighted by Crippen LogP contribution is 2.27. The average Bonchev–Trinajstić information content (AvgIpc) is 2.22. The number of nitrogens with two attached hydrogens (primary N) is 1. The van der Waals surface area contributed by atoms with Crippen molar-refractivity contribution in [3.8, 4) is 11.1 Å². The fourth-order valence-electron chi connectivity index (χ4n) is 1.63. The number of hydrogen-bond donors (Lipinski definition) is 1. The minimum atomic E-state index is -0.436. The molecular weight excluding hydrogens is 208 g/mol. The Bertz CT molecular complexity index is 535. The van der Waals surface area contributed by atoms with Crippen LogP contribution >= 0.6 is 0 Å². The van der Waals surface area contributed by atoms with Crippen molar-refractivity contribution in [2.75, 3.05) is 5.73 Å². The van der Waals surface area contributed by atoms with Crippen LogP contribution in [0, 0.1) is 18.6 Å². The molecule has 0 radical (unpaired) electrons. The average molecular weight is 219 g/mol. The van der Waals surface area contributed by atoms with E-state index < -0.39 is 5.82 Å². The first-order valence-electron chi connectivity index (χ1n) is 4.89. The van der Waals surface area contributed by atoms with Gasteiger partial charge in [0.2, 0.25) is 0 Å². The second-order valence-corrected chi connectivity index (χ2v) is 3.70. The molecule has 0 atom stereocenters. The van der Waals surface area contributed by atoms with Crippen LogP contribution in [0.1, 0.15) is 5.56 Å². The Morgan fingerprint density at radius 1 is 0.938 bits per heavy atom. The van der Waals surface area contributed by atoms with E-state index in [1.54, 1.807) is 18.2 Å². The van der Waals surface area contributed by atoms with Gasteiger partial charge in [0.15, 0.2) is 0 Å². The monoisotopic (exact) mass is 219 g/mol. The van der Waals surface area contributed by atoms with Gasteiger partial charge in [0.05, 0.1) is 0 Å². The molecule has 2 N–H and O–H groups in total. The third kappa shape index (κ3) is 1.89. The highest BCUT2D eigenvalue weighted by Gasteiger charge is 2.08. The zero-order valence-corrected chi connectivity index (χ0v) is 8.80. The quantitative estimate of drug-likeness (QED) is 0.729. The van der Waals surface area contributed by atoms with Gasteiger partial charge in [-0.1, -0.05) is 6.07 Å². The summed E-state index contributed by atoms with van der Waals surface area (Å²) in [5, 5.41) is 0. The van der Waals surface area contributed by atoms with Gasteiger partial charge in [-0.05, 0) is 48.4 Å². The van der Waals surface area contributed by atoms with Gasteiger partial charge < -0.3 is 5.73 Å². The van der Waals surface area contributed by atoms with Gasteiger partial charge in [-0.2, -0.15) is 0 Å². The molecular formula is C13H11F2N. The zero-order valence-electron chi connectivity index (χ0n) is 8.80. The number of aryl methyl sites for hydroxylation is 1. The number of hydrogen-bond acceptors (Lipinski definition) is 1. The Morgan fingerprint density at radius 3 is 2.38 bits per heavy atom. The summed E-state index contributed by atoms with van der Waals surface area (Å²) in [4.78, 5) is 0. The standard InChI is InChI=1S/C13H11F2N/c1-8-2-3-9(14)6-12(8)11-5-4-10(16)7-13(11)15/h2-7H,16H2,1H3. The number of anilines is 1. The second kappa shape index (κ2) is 3.93. The lowest BCUT2D eigenvalue weighted by molar-refractivity contribution is 0.624. The summed E-state index contributed by atoms with van der Waals surface area (Å²) in [5.41, 5.74) is 7.56. The van der Waals surface area contributed by atoms with Crippen LogP contribution in [0.4, 0.5) is 14.5 Å². The first-order valence-corrected chi connectivity index (χ1v) is 4.89. The van der Waals surface area contributed by atoms with Crippen LogP contribution in [0.2, 0.25) is 0 Å². The summed E-state index contributed by atoms with van der Waals surface area (Å²) < 4.78 is 26.7. The molecule has 2 rings (SSSR count). The Balaban J connectivity index is 2.62. The van der Waals surface area contributed by atoms with Gasteiger partial charge in [-0.3, -0.25) is 0 Å². The summed E-state index contributed by atoms with van der Waals surface area (Å²) in [6.07, 6.45) is 0. The third-order valence-electron chi connectivity index (χ3n) is 2.48. The lowest BCUT2D eigenvalue weighted by Gasteiger charge is -2.08. The topological polar surface area (TPSA) is 26.0 Å². The summed E-state index contributed by atoms with van der Waals surface area (Å²) in [5.74, 6) is -0.814. The molecule has 0 unspecified atom stereocenters. The van der Waals surface area contributed by atoms with Crippen molar-refractivity contribution < 1.29 is 8.78 Å².